The van der Waals surface area contributed by atoms with Gasteiger partial charge in [0.05, 0.1) is 19.3 Å². The Hall–Kier alpha value is -3.42. The third kappa shape index (κ3) is 5.56. The van der Waals surface area contributed by atoms with E-state index in [1.165, 1.54) is 0 Å². The molecule has 8 nitrogen and oxygen atoms in total. The van der Waals surface area contributed by atoms with Crippen LogP contribution >= 0.6 is 0 Å². The van der Waals surface area contributed by atoms with Crippen LogP contribution in [0.25, 0.3) is 0 Å². The number of carbonyl (C=O) groups is 1. The molecule has 1 heterocycles. The molecule has 0 unspecified atom stereocenters. The van der Waals surface area contributed by atoms with Gasteiger partial charge in [0.2, 0.25) is 5.91 Å². The minimum absolute atomic E-state index is 0.0974. The first-order valence-corrected chi connectivity index (χ1v) is 9.99. The molecule has 1 fully saturated rings. The van der Waals surface area contributed by atoms with Crippen molar-refractivity contribution in [3.63, 3.8) is 0 Å². The maximum Gasteiger partial charge on any atom is 0.239 e. The van der Waals surface area contributed by atoms with Crippen LogP contribution in [0.5, 0.6) is 11.5 Å². The van der Waals surface area contributed by atoms with Crippen molar-refractivity contribution in [2.24, 2.45) is 4.99 Å². The number of aliphatic imine (C=N–C) groups is 1. The van der Waals surface area contributed by atoms with Gasteiger partial charge in [0.1, 0.15) is 11.5 Å². The standard InChI is InChI=1S/C22H29N5O3/c1-23-22(25-16-21(29)24-15-17-7-9-18(30-2)10-8-17)27-13-11-26(12-14-27)19-5-3-4-6-20(19)28/h3-10,28H,11-16H2,1-2H3,(H,23,25)(H,24,29). The highest BCUT2D eigenvalue weighted by Gasteiger charge is 2.21. The number of para-hydroxylation sites is 2. The fourth-order valence-electron chi connectivity index (χ4n) is 3.39. The van der Waals surface area contributed by atoms with E-state index in [0.29, 0.717) is 18.3 Å². The Morgan fingerprint density at radius 1 is 1.07 bits per heavy atom. The number of anilines is 1. The molecule has 0 atom stereocenters. The van der Waals surface area contributed by atoms with Crippen LogP contribution in [0.2, 0.25) is 0 Å². The van der Waals surface area contributed by atoms with Crippen molar-refractivity contribution in [2.75, 3.05) is 51.8 Å². The quantitative estimate of drug-likeness (QED) is 0.492. The third-order valence-electron chi connectivity index (χ3n) is 5.07. The zero-order chi connectivity index (χ0) is 21.3. The molecule has 0 bridgehead atoms. The predicted octanol–water partition coefficient (Wildman–Crippen LogP) is 1.41. The molecule has 2 aromatic rings. The van der Waals surface area contributed by atoms with Crippen molar-refractivity contribution in [3.8, 4) is 11.5 Å². The van der Waals surface area contributed by atoms with Crippen LogP contribution in [0.1, 0.15) is 5.56 Å². The number of carbonyl (C=O) groups excluding carboxylic acids is 1. The Bertz CT molecular complexity index is 861. The van der Waals surface area contributed by atoms with Gasteiger partial charge >= 0.3 is 0 Å². The second-order valence-electron chi connectivity index (χ2n) is 6.99. The molecule has 2 aromatic carbocycles. The summed E-state index contributed by atoms with van der Waals surface area (Å²) in [6, 6.07) is 15.0. The van der Waals surface area contributed by atoms with Crippen molar-refractivity contribution in [3.05, 3.63) is 54.1 Å². The Kier molecular flexibility index (Phi) is 7.37. The molecular formula is C22H29N5O3. The van der Waals surface area contributed by atoms with E-state index in [0.717, 1.165) is 43.2 Å². The number of nitrogens with one attached hydrogen (secondary N) is 2. The number of phenols is 1. The van der Waals surface area contributed by atoms with E-state index >= 15 is 0 Å². The molecule has 1 saturated heterocycles. The summed E-state index contributed by atoms with van der Waals surface area (Å²) in [6.45, 7) is 3.65. The first kappa shape index (κ1) is 21.3. The SMILES string of the molecule is CN=C(NCC(=O)NCc1ccc(OC)cc1)N1CCN(c2ccccc2O)CC1. The average molecular weight is 412 g/mol. The normalized spacial score (nSPS) is 14.4. The Labute approximate surface area is 177 Å². The number of ether oxygens (including phenoxy) is 1. The summed E-state index contributed by atoms with van der Waals surface area (Å²) in [7, 11) is 3.34. The fraction of sp³-hybridized carbons (Fsp3) is 0.364. The Balaban J connectivity index is 1.43. The molecule has 1 aliphatic rings. The smallest absolute Gasteiger partial charge is 0.239 e. The molecule has 3 N–H and O–H groups in total. The van der Waals surface area contributed by atoms with Gasteiger partial charge in [-0.3, -0.25) is 9.79 Å². The number of hydrogen-bond acceptors (Lipinski definition) is 5. The second-order valence-corrected chi connectivity index (χ2v) is 6.99. The first-order chi connectivity index (χ1) is 14.6. The third-order valence-corrected chi connectivity index (χ3v) is 5.07. The van der Waals surface area contributed by atoms with Gasteiger partial charge in [-0.1, -0.05) is 24.3 Å². The molecule has 0 spiro atoms. The van der Waals surface area contributed by atoms with Gasteiger partial charge in [-0.2, -0.15) is 0 Å². The molecule has 30 heavy (non-hydrogen) atoms. The lowest BCUT2D eigenvalue weighted by Crippen LogP contribution is -2.53. The number of nitrogens with zero attached hydrogens (tertiary/aromatic N) is 3. The maximum atomic E-state index is 12.2. The summed E-state index contributed by atoms with van der Waals surface area (Å²) in [4.78, 5) is 20.8. The number of piperazine rings is 1. The molecule has 0 aromatic heterocycles. The molecule has 1 amide bonds. The number of hydrogen-bond donors (Lipinski definition) is 3. The Morgan fingerprint density at radius 3 is 2.40 bits per heavy atom. The lowest BCUT2D eigenvalue weighted by atomic mass is 10.2. The van der Waals surface area contributed by atoms with E-state index in [1.807, 2.05) is 42.5 Å². The number of aromatic hydroxyl groups is 1. The highest BCUT2D eigenvalue weighted by atomic mass is 16.5. The summed E-state index contributed by atoms with van der Waals surface area (Å²) in [5, 5.41) is 16.1. The monoisotopic (exact) mass is 411 g/mol. The number of guanidine groups is 1. The molecule has 160 valence electrons. The van der Waals surface area contributed by atoms with E-state index in [-0.39, 0.29) is 12.5 Å². The van der Waals surface area contributed by atoms with Crippen molar-refractivity contribution in [1.82, 2.24) is 15.5 Å². The lowest BCUT2D eigenvalue weighted by molar-refractivity contribution is -0.120. The molecular weight excluding hydrogens is 382 g/mol. The number of methoxy groups -OCH3 is 1. The van der Waals surface area contributed by atoms with E-state index in [9.17, 15) is 9.90 Å². The largest absolute Gasteiger partial charge is 0.506 e. The van der Waals surface area contributed by atoms with Crippen LogP contribution in [0, 0.1) is 0 Å². The first-order valence-electron chi connectivity index (χ1n) is 9.99. The summed E-state index contributed by atoms with van der Waals surface area (Å²) in [5.41, 5.74) is 1.85. The van der Waals surface area contributed by atoms with Crippen molar-refractivity contribution in [1.29, 1.82) is 0 Å². The van der Waals surface area contributed by atoms with Gasteiger partial charge in [-0.05, 0) is 29.8 Å². The van der Waals surface area contributed by atoms with E-state index in [1.54, 1.807) is 20.2 Å². The number of phenolic OH excluding ortho intramolecular Hbond substituents is 1. The minimum Gasteiger partial charge on any atom is -0.506 e. The number of rotatable bonds is 6. The van der Waals surface area contributed by atoms with E-state index < -0.39 is 0 Å². The molecule has 8 heteroatoms. The van der Waals surface area contributed by atoms with Crippen LogP contribution in [-0.2, 0) is 11.3 Å². The molecule has 0 radical (unpaired) electrons. The van der Waals surface area contributed by atoms with Gasteiger partial charge in [-0.25, -0.2) is 0 Å². The maximum absolute atomic E-state index is 12.2. The van der Waals surface area contributed by atoms with Crippen LogP contribution in [0.15, 0.2) is 53.5 Å². The van der Waals surface area contributed by atoms with Crippen molar-refractivity contribution < 1.29 is 14.6 Å². The minimum atomic E-state index is -0.0974. The van der Waals surface area contributed by atoms with Gasteiger partial charge in [0.25, 0.3) is 0 Å². The number of amides is 1. The highest BCUT2D eigenvalue weighted by molar-refractivity contribution is 5.86. The predicted molar refractivity (Wildman–Crippen MR) is 118 cm³/mol. The average Bonchev–Trinajstić information content (AvgIpc) is 2.79. The van der Waals surface area contributed by atoms with Gasteiger partial charge in [0.15, 0.2) is 5.96 Å². The zero-order valence-corrected chi connectivity index (χ0v) is 17.5. The molecule has 3 rings (SSSR count). The summed E-state index contributed by atoms with van der Waals surface area (Å²) >= 11 is 0. The summed E-state index contributed by atoms with van der Waals surface area (Å²) in [5.74, 6) is 1.69. The summed E-state index contributed by atoms with van der Waals surface area (Å²) < 4.78 is 5.14. The van der Waals surface area contributed by atoms with Crippen LogP contribution in [0.3, 0.4) is 0 Å². The highest BCUT2D eigenvalue weighted by Crippen LogP contribution is 2.27. The second kappa shape index (κ2) is 10.4. The van der Waals surface area contributed by atoms with Crippen LogP contribution < -0.4 is 20.3 Å². The molecule has 0 aliphatic carbocycles. The number of benzene rings is 2. The van der Waals surface area contributed by atoms with Gasteiger partial charge in [0, 0.05) is 39.8 Å². The van der Waals surface area contributed by atoms with Crippen molar-refractivity contribution >= 4 is 17.6 Å². The topological polar surface area (TPSA) is 89.4 Å². The van der Waals surface area contributed by atoms with Crippen molar-refractivity contribution in [2.45, 2.75) is 6.54 Å². The van der Waals surface area contributed by atoms with E-state index in [2.05, 4.69) is 25.4 Å². The van der Waals surface area contributed by atoms with E-state index in [4.69, 9.17) is 4.74 Å². The molecule has 1 aliphatic heterocycles. The van der Waals surface area contributed by atoms with Crippen LogP contribution in [0.4, 0.5) is 5.69 Å². The zero-order valence-electron chi connectivity index (χ0n) is 17.5. The van der Waals surface area contributed by atoms with Gasteiger partial charge in [-0.15, -0.1) is 0 Å². The fourth-order valence-corrected chi connectivity index (χ4v) is 3.39. The molecule has 0 saturated carbocycles. The van der Waals surface area contributed by atoms with Gasteiger partial charge < -0.3 is 30.3 Å². The summed E-state index contributed by atoms with van der Waals surface area (Å²) in [6.07, 6.45) is 0. The van der Waals surface area contributed by atoms with Crippen LogP contribution in [-0.4, -0.2) is 68.8 Å². The lowest BCUT2D eigenvalue weighted by Gasteiger charge is -2.37. The Morgan fingerprint density at radius 2 is 1.77 bits per heavy atom.